The summed E-state index contributed by atoms with van der Waals surface area (Å²) in [5.74, 6) is -0.0791. The molecule has 2 N–H and O–H groups in total. The second-order valence-corrected chi connectivity index (χ2v) is 5.61. The molecule has 1 fully saturated rings. The van der Waals surface area contributed by atoms with Gasteiger partial charge in [-0.1, -0.05) is 37.3 Å². The minimum absolute atomic E-state index is 0.00717. The number of amides is 2. The van der Waals surface area contributed by atoms with Crippen molar-refractivity contribution in [3.8, 4) is 0 Å². The average Bonchev–Trinajstić information content (AvgIpc) is 2.48. The fourth-order valence-electron chi connectivity index (χ4n) is 2.41. The van der Waals surface area contributed by atoms with Gasteiger partial charge < -0.3 is 15.3 Å². The van der Waals surface area contributed by atoms with Gasteiger partial charge in [-0.2, -0.15) is 0 Å². The van der Waals surface area contributed by atoms with E-state index in [0.717, 1.165) is 12.0 Å². The molecule has 2 rings (SSSR count). The average molecular weight is 290 g/mol. The third kappa shape index (κ3) is 4.56. The Bertz CT molecular complexity index is 490. The number of benzene rings is 1. The van der Waals surface area contributed by atoms with E-state index < -0.39 is 6.10 Å². The molecule has 5 nitrogen and oxygen atoms in total. The van der Waals surface area contributed by atoms with Crippen molar-refractivity contribution < 1.29 is 14.7 Å². The smallest absolute Gasteiger partial charge is 0.242 e. The Labute approximate surface area is 125 Å². The summed E-state index contributed by atoms with van der Waals surface area (Å²) < 4.78 is 0. The second-order valence-electron chi connectivity index (χ2n) is 5.61. The van der Waals surface area contributed by atoms with Crippen molar-refractivity contribution in [2.75, 3.05) is 19.6 Å². The van der Waals surface area contributed by atoms with Crippen LogP contribution in [0.2, 0.25) is 0 Å². The molecule has 114 valence electrons. The van der Waals surface area contributed by atoms with Crippen LogP contribution in [0, 0.1) is 5.92 Å². The van der Waals surface area contributed by atoms with E-state index in [1.54, 1.807) is 4.90 Å². The summed E-state index contributed by atoms with van der Waals surface area (Å²) in [4.78, 5) is 25.4. The SMILES string of the molecule is CC1CCN(C(=O)CNC(=O)Cc2ccccc2)CC1O. The number of rotatable bonds is 4. The monoisotopic (exact) mass is 290 g/mol. The lowest BCUT2D eigenvalue weighted by Gasteiger charge is -2.34. The van der Waals surface area contributed by atoms with Crippen LogP contribution >= 0.6 is 0 Å². The molecule has 0 saturated carbocycles. The molecule has 2 unspecified atom stereocenters. The summed E-state index contributed by atoms with van der Waals surface area (Å²) in [6, 6.07) is 9.41. The van der Waals surface area contributed by atoms with Gasteiger partial charge in [0.1, 0.15) is 0 Å². The van der Waals surface area contributed by atoms with Gasteiger partial charge in [0.05, 0.1) is 19.1 Å². The van der Waals surface area contributed by atoms with Crippen LogP contribution < -0.4 is 5.32 Å². The molecular formula is C16H22N2O3. The molecule has 1 saturated heterocycles. The van der Waals surface area contributed by atoms with Crippen molar-refractivity contribution in [2.24, 2.45) is 5.92 Å². The van der Waals surface area contributed by atoms with Crippen LogP contribution in [0.15, 0.2) is 30.3 Å². The number of carbonyl (C=O) groups excluding carboxylic acids is 2. The number of aliphatic hydroxyl groups is 1. The van der Waals surface area contributed by atoms with E-state index in [1.165, 1.54) is 0 Å². The van der Waals surface area contributed by atoms with Gasteiger partial charge in [-0.25, -0.2) is 0 Å². The predicted molar refractivity (Wildman–Crippen MR) is 79.5 cm³/mol. The second kappa shape index (κ2) is 7.22. The number of nitrogens with zero attached hydrogens (tertiary/aromatic N) is 1. The maximum atomic E-state index is 12.0. The molecule has 0 aliphatic carbocycles. The number of carbonyl (C=O) groups is 2. The van der Waals surface area contributed by atoms with Crippen LogP contribution in [0.4, 0.5) is 0 Å². The van der Waals surface area contributed by atoms with Gasteiger partial charge in [-0.15, -0.1) is 0 Å². The minimum Gasteiger partial charge on any atom is -0.391 e. The standard InChI is InChI=1S/C16H22N2O3/c1-12-7-8-18(11-14(12)19)16(21)10-17-15(20)9-13-5-3-2-4-6-13/h2-6,12,14,19H,7-11H2,1H3,(H,17,20). The summed E-state index contributed by atoms with van der Waals surface area (Å²) in [7, 11) is 0. The Kier molecular flexibility index (Phi) is 5.33. The molecule has 2 amide bonds. The van der Waals surface area contributed by atoms with Gasteiger partial charge in [0.15, 0.2) is 0 Å². The first-order chi connectivity index (χ1) is 10.1. The molecule has 1 heterocycles. The van der Waals surface area contributed by atoms with Gasteiger partial charge >= 0.3 is 0 Å². The summed E-state index contributed by atoms with van der Waals surface area (Å²) in [5, 5.41) is 12.4. The van der Waals surface area contributed by atoms with Crippen molar-refractivity contribution in [3.63, 3.8) is 0 Å². The first kappa shape index (κ1) is 15.5. The van der Waals surface area contributed by atoms with Crippen molar-refractivity contribution in [2.45, 2.75) is 25.9 Å². The van der Waals surface area contributed by atoms with E-state index in [4.69, 9.17) is 0 Å². The summed E-state index contributed by atoms with van der Waals surface area (Å²) in [5.41, 5.74) is 0.921. The first-order valence-corrected chi connectivity index (χ1v) is 7.32. The Hall–Kier alpha value is -1.88. The fourth-order valence-corrected chi connectivity index (χ4v) is 2.41. The molecule has 1 aliphatic heterocycles. The lowest BCUT2D eigenvalue weighted by Crippen LogP contribution is -2.49. The van der Waals surface area contributed by atoms with Gasteiger partial charge in [-0.3, -0.25) is 9.59 Å². The van der Waals surface area contributed by atoms with E-state index in [2.05, 4.69) is 5.32 Å². The van der Waals surface area contributed by atoms with Crippen molar-refractivity contribution in [1.29, 1.82) is 0 Å². The van der Waals surface area contributed by atoms with E-state index in [-0.39, 0.29) is 30.7 Å². The molecular weight excluding hydrogens is 268 g/mol. The third-order valence-corrected chi connectivity index (χ3v) is 3.92. The van der Waals surface area contributed by atoms with Crippen LogP contribution in [0.1, 0.15) is 18.9 Å². The molecule has 0 radical (unpaired) electrons. The van der Waals surface area contributed by atoms with Crippen LogP contribution in [0.25, 0.3) is 0 Å². The van der Waals surface area contributed by atoms with Gasteiger partial charge in [0.2, 0.25) is 11.8 Å². The van der Waals surface area contributed by atoms with Crippen LogP contribution in [-0.2, 0) is 16.0 Å². The lowest BCUT2D eigenvalue weighted by atomic mass is 9.96. The largest absolute Gasteiger partial charge is 0.391 e. The highest BCUT2D eigenvalue weighted by molar-refractivity contribution is 5.85. The van der Waals surface area contributed by atoms with Gasteiger partial charge in [0.25, 0.3) is 0 Å². The Morgan fingerprint density at radius 2 is 2.05 bits per heavy atom. The highest BCUT2D eigenvalue weighted by Gasteiger charge is 2.27. The molecule has 0 aromatic heterocycles. The number of hydrogen-bond donors (Lipinski definition) is 2. The number of β-amino-alcohol motifs (C(OH)–C–C–N with tert-alkyl or cyclic N) is 1. The third-order valence-electron chi connectivity index (χ3n) is 3.92. The maximum absolute atomic E-state index is 12.0. The Morgan fingerprint density at radius 1 is 1.33 bits per heavy atom. The summed E-state index contributed by atoms with van der Waals surface area (Å²) in [6.07, 6.45) is 0.598. The molecule has 2 atom stereocenters. The van der Waals surface area contributed by atoms with E-state index >= 15 is 0 Å². The maximum Gasteiger partial charge on any atom is 0.242 e. The lowest BCUT2D eigenvalue weighted by molar-refractivity contribution is -0.136. The highest BCUT2D eigenvalue weighted by Crippen LogP contribution is 2.16. The summed E-state index contributed by atoms with van der Waals surface area (Å²) >= 11 is 0. The Balaban J connectivity index is 1.75. The topological polar surface area (TPSA) is 69.6 Å². The molecule has 5 heteroatoms. The van der Waals surface area contributed by atoms with Crippen molar-refractivity contribution >= 4 is 11.8 Å². The predicted octanol–water partition coefficient (Wildman–Crippen LogP) is 0.575. The van der Waals surface area contributed by atoms with Crippen LogP contribution in [0.3, 0.4) is 0 Å². The number of aliphatic hydroxyl groups excluding tert-OH is 1. The normalized spacial score (nSPS) is 21.9. The molecule has 0 bridgehead atoms. The van der Waals surface area contributed by atoms with Crippen molar-refractivity contribution in [1.82, 2.24) is 10.2 Å². The molecule has 21 heavy (non-hydrogen) atoms. The number of likely N-dealkylation sites (tertiary alicyclic amines) is 1. The molecule has 0 spiro atoms. The zero-order chi connectivity index (χ0) is 15.2. The fraction of sp³-hybridized carbons (Fsp3) is 0.500. The number of piperidine rings is 1. The van der Waals surface area contributed by atoms with Crippen LogP contribution in [-0.4, -0.2) is 47.6 Å². The molecule has 1 aromatic carbocycles. The van der Waals surface area contributed by atoms with Gasteiger partial charge in [0, 0.05) is 13.1 Å². The minimum atomic E-state index is -0.470. The van der Waals surface area contributed by atoms with E-state index in [9.17, 15) is 14.7 Å². The zero-order valence-corrected chi connectivity index (χ0v) is 12.3. The van der Waals surface area contributed by atoms with Crippen molar-refractivity contribution in [3.05, 3.63) is 35.9 Å². The Morgan fingerprint density at radius 3 is 2.71 bits per heavy atom. The zero-order valence-electron chi connectivity index (χ0n) is 12.3. The van der Waals surface area contributed by atoms with Crippen LogP contribution in [0.5, 0.6) is 0 Å². The highest BCUT2D eigenvalue weighted by atomic mass is 16.3. The van der Waals surface area contributed by atoms with E-state index in [0.29, 0.717) is 13.1 Å². The number of nitrogens with one attached hydrogen (secondary N) is 1. The molecule has 1 aromatic rings. The first-order valence-electron chi connectivity index (χ1n) is 7.32. The van der Waals surface area contributed by atoms with Gasteiger partial charge in [-0.05, 0) is 17.9 Å². The quantitative estimate of drug-likeness (QED) is 0.852. The molecule has 1 aliphatic rings. The number of hydrogen-bond acceptors (Lipinski definition) is 3. The van der Waals surface area contributed by atoms with E-state index in [1.807, 2.05) is 37.3 Å². The summed E-state index contributed by atoms with van der Waals surface area (Å²) in [6.45, 7) is 2.97.